The van der Waals surface area contributed by atoms with Gasteiger partial charge in [-0.3, -0.25) is 20.4 Å². The quantitative estimate of drug-likeness (QED) is 0.637. The smallest absolute Gasteiger partial charge is 0.271 e. The summed E-state index contributed by atoms with van der Waals surface area (Å²) in [5.74, 6) is -0.694. The molecular formula is C18H17N3O2. The van der Waals surface area contributed by atoms with Gasteiger partial charge >= 0.3 is 0 Å². The molecule has 5 heteroatoms. The Morgan fingerprint density at radius 3 is 2.35 bits per heavy atom. The van der Waals surface area contributed by atoms with Crippen LogP contribution < -0.4 is 10.9 Å². The third-order valence-electron chi connectivity index (χ3n) is 3.97. The lowest BCUT2D eigenvalue weighted by molar-refractivity contribution is 0.0847. The number of H-pyrrole nitrogens is 1. The molecule has 5 nitrogen and oxygen atoms in total. The molecule has 1 aromatic heterocycles. The van der Waals surface area contributed by atoms with Crippen molar-refractivity contribution in [3.8, 4) is 0 Å². The first-order valence-corrected chi connectivity index (χ1v) is 7.31. The number of fused-ring (bicyclic) bond motifs is 1. The molecule has 3 N–H and O–H groups in total. The summed E-state index contributed by atoms with van der Waals surface area (Å²) >= 11 is 0. The number of hydrogen-bond acceptors (Lipinski definition) is 2. The van der Waals surface area contributed by atoms with Crippen LogP contribution in [0.2, 0.25) is 0 Å². The van der Waals surface area contributed by atoms with Crippen LogP contribution in [0.15, 0.2) is 48.7 Å². The van der Waals surface area contributed by atoms with Crippen LogP contribution in [0.1, 0.15) is 31.8 Å². The van der Waals surface area contributed by atoms with Gasteiger partial charge in [0.1, 0.15) is 0 Å². The summed E-state index contributed by atoms with van der Waals surface area (Å²) in [5.41, 5.74) is 8.76. The van der Waals surface area contributed by atoms with Gasteiger partial charge in [0.2, 0.25) is 0 Å². The number of aromatic amines is 1. The Bertz CT molecular complexity index is 896. The van der Waals surface area contributed by atoms with Crippen molar-refractivity contribution in [3.63, 3.8) is 0 Å². The highest BCUT2D eigenvalue weighted by atomic mass is 16.2. The second-order valence-electron chi connectivity index (χ2n) is 5.40. The molecule has 0 aliphatic carbocycles. The zero-order valence-electron chi connectivity index (χ0n) is 12.9. The summed E-state index contributed by atoms with van der Waals surface area (Å²) in [6.45, 7) is 3.82. The Morgan fingerprint density at radius 1 is 0.870 bits per heavy atom. The Labute approximate surface area is 133 Å². The predicted molar refractivity (Wildman–Crippen MR) is 89.1 cm³/mol. The van der Waals surface area contributed by atoms with Gasteiger partial charge in [-0.25, -0.2) is 0 Å². The number of para-hydroxylation sites is 1. The lowest BCUT2D eigenvalue weighted by Crippen LogP contribution is -2.41. The first kappa shape index (κ1) is 14.8. The topological polar surface area (TPSA) is 74.0 Å². The van der Waals surface area contributed by atoms with Crippen LogP contribution >= 0.6 is 0 Å². The molecule has 3 aromatic rings. The van der Waals surface area contributed by atoms with Crippen LogP contribution in [0, 0.1) is 13.8 Å². The van der Waals surface area contributed by atoms with E-state index >= 15 is 0 Å². The van der Waals surface area contributed by atoms with Crippen molar-refractivity contribution in [1.29, 1.82) is 0 Å². The minimum Gasteiger partial charge on any atom is -0.360 e. The van der Waals surface area contributed by atoms with Gasteiger partial charge in [-0.1, -0.05) is 30.3 Å². The third-order valence-corrected chi connectivity index (χ3v) is 3.97. The molecule has 3 rings (SSSR count). The molecule has 0 radical (unpaired) electrons. The van der Waals surface area contributed by atoms with Gasteiger partial charge in [0.05, 0.1) is 5.56 Å². The molecule has 0 saturated carbocycles. The summed E-state index contributed by atoms with van der Waals surface area (Å²) in [6.07, 6.45) is 1.63. The van der Waals surface area contributed by atoms with E-state index in [0.29, 0.717) is 11.1 Å². The number of nitrogens with one attached hydrogen (secondary N) is 3. The maximum absolute atomic E-state index is 12.3. The molecule has 0 unspecified atom stereocenters. The molecule has 116 valence electrons. The normalized spacial score (nSPS) is 10.5. The van der Waals surface area contributed by atoms with Crippen molar-refractivity contribution in [2.75, 3.05) is 0 Å². The minimum atomic E-state index is -0.360. The van der Waals surface area contributed by atoms with E-state index in [-0.39, 0.29) is 11.8 Å². The fraction of sp³-hybridized carbons (Fsp3) is 0.111. The Hall–Kier alpha value is -3.08. The Morgan fingerprint density at radius 2 is 1.57 bits per heavy atom. The van der Waals surface area contributed by atoms with Crippen molar-refractivity contribution in [2.45, 2.75) is 13.8 Å². The number of benzene rings is 2. The van der Waals surface area contributed by atoms with Gasteiger partial charge < -0.3 is 4.98 Å². The first-order chi connectivity index (χ1) is 11.1. The summed E-state index contributed by atoms with van der Waals surface area (Å²) in [6, 6.07) is 13.0. The number of aromatic nitrogens is 1. The van der Waals surface area contributed by atoms with E-state index in [1.807, 2.05) is 50.2 Å². The van der Waals surface area contributed by atoms with Crippen molar-refractivity contribution in [3.05, 3.63) is 70.9 Å². The highest BCUT2D eigenvalue weighted by Gasteiger charge is 2.14. The summed E-state index contributed by atoms with van der Waals surface area (Å²) in [4.78, 5) is 27.5. The highest BCUT2D eigenvalue weighted by Crippen LogP contribution is 2.17. The maximum Gasteiger partial charge on any atom is 0.271 e. The fourth-order valence-electron chi connectivity index (χ4n) is 2.50. The predicted octanol–water partition coefficient (Wildman–Crippen LogP) is 2.86. The first-order valence-electron chi connectivity index (χ1n) is 7.31. The minimum absolute atomic E-state index is 0.334. The van der Waals surface area contributed by atoms with Crippen LogP contribution in [0.25, 0.3) is 10.9 Å². The van der Waals surface area contributed by atoms with Gasteiger partial charge in [0.25, 0.3) is 11.8 Å². The molecule has 1 heterocycles. The van der Waals surface area contributed by atoms with Gasteiger partial charge in [-0.15, -0.1) is 0 Å². The van der Waals surface area contributed by atoms with E-state index in [9.17, 15) is 9.59 Å². The van der Waals surface area contributed by atoms with Crippen molar-refractivity contribution < 1.29 is 9.59 Å². The molecule has 0 bridgehead atoms. The zero-order chi connectivity index (χ0) is 16.4. The zero-order valence-corrected chi connectivity index (χ0v) is 12.9. The molecule has 0 spiro atoms. The van der Waals surface area contributed by atoms with E-state index in [4.69, 9.17) is 0 Å². The van der Waals surface area contributed by atoms with Gasteiger partial charge in [0.15, 0.2) is 0 Å². The SMILES string of the molecule is Cc1cccc(C(=O)NNC(=O)c2c[nH]c3ccccc23)c1C. The Balaban J connectivity index is 1.74. The second-order valence-corrected chi connectivity index (χ2v) is 5.40. The monoisotopic (exact) mass is 307 g/mol. The number of rotatable bonds is 2. The van der Waals surface area contributed by atoms with Crippen molar-refractivity contribution >= 4 is 22.7 Å². The molecule has 0 atom stereocenters. The highest BCUT2D eigenvalue weighted by molar-refractivity contribution is 6.07. The van der Waals surface area contributed by atoms with Crippen molar-refractivity contribution in [2.24, 2.45) is 0 Å². The Kier molecular flexibility index (Phi) is 3.85. The van der Waals surface area contributed by atoms with E-state index in [1.165, 1.54) is 0 Å². The van der Waals surface area contributed by atoms with Crippen LogP contribution in [0.4, 0.5) is 0 Å². The number of aryl methyl sites for hydroxylation is 1. The van der Waals surface area contributed by atoms with E-state index in [1.54, 1.807) is 12.3 Å². The number of amides is 2. The standard InChI is InChI=1S/C18H17N3O2/c1-11-6-5-8-13(12(11)2)17(22)20-21-18(23)15-10-19-16-9-4-3-7-14(15)16/h3-10,19H,1-2H3,(H,20,22)(H,21,23). The molecule has 0 aliphatic heterocycles. The molecule has 23 heavy (non-hydrogen) atoms. The molecule has 2 amide bonds. The fourth-order valence-corrected chi connectivity index (χ4v) is 2.50. The third kappa shape index (κ3) is 2.81. The van der Waals surface area contributed by atoms with E-state index < -0.39 is 0 Å². The largest absolute Gasteiger partial charge is 0.360 e. The summed E-state index contributed by atoms with van der Waals surface area (Å²) in [5, 5.41) is 0.811. The average molecular weight is 307 g/mol. The van der Waals surface area contributed by atoms with Crippen LogP contribution in [0.5, 0.6) is 0 Å². The molecular weight excluding hydrogens is 290 g/mol. The van der Waals surface area contributed by atoms with Gasteiger partial charge in [0, 0.05) is 22.7 Å². The molecule has 0 fully saturated rings. The number of carbonyl (C=O) groups is 2. The van der Waals surface area contributed by atoms with Crippen LogP contribution in [-0.4, -0.2) is 16.8 Å². The summed E-state index contributed by atoms with van der Waals surface area (Å²) < 4.78 is 0. The van der Waals surface area contributed by atoms with Crippen molar-refractivity contribution in [1.82, 2.24) is 15.8 Å². The van der Waals surface area contributed by atoms with E-state index in [2.05, 4.69) is 15.8 Å². The maximum atomic E-state index is 12.3. The molecule has 2 aromatic carbocycles. The van der Waals surface area contributed by atoms with Gasteiger partial charge in [-0.2, -0.15) is 0 Å². The lowest BCUT2D eigenvalue weighted by atomic mass is 10.0. The summed E-state index contributed by atoms with van der Waals surface area (Å²) in [7, 11) is 0. The second kappa shape index (κ2) is 5.96. The average Bonchev–Trinajstić information content (AvgIpc) is 2.99. The number of hydrogen-bond donors (Lipinski definition) is 3. The number of hydrazine groups is 1. The molecule has 0 saturated heterocycles. The van der Waals surface area contributed by atoms with Gasteiger partial charge in [-0.05, 0) is 37.1 Å². The molecule has 0 aliphatic rings. The number of carbonyl (C=O) groups excluding carboxylic acids is 2. The van der Waals surface area contributed by atoms with E-state index in [0.717, 1.165) is 22.0 Å². The van der Waals surface area contributed by atoms with Crippen LogP contribution in [-0.2, 0) is 0 Å². The van der Waals surface area contributed by atoms with Crippen LogP contribution in [0.3, 0.4) is 0 Å². The lowest BCUT2D eigenvalue weighted by Gasteiger charge is -2.10.